The molecule has 6 heteroatoms. The third kappa shape index (κ3) is 3.18. The number of benzene rings is 1. The van der Waals surface area contributed by atoms with E-state index in [1.807, 2.05) is 6.92 Å². The number of anilines is 1. The van der Waals surface area contributed by atoms with Gasteiger partial charge < -0.3 is 5.32 Å². The standard InChI is InChI=1S/C18H21ClN2O3/c1-11-14(19)7-4-8-15(11)20-16(22)9-10-21-17(23)12-5-2-3-6-13(12)18(21)24/h4,7-8,12-13H,2-3,5-6,9-10H2,1H3,(H,20,22). The van der Waals surface area contributed by atoms with Crippen LogP contribution in [0.3, 0.4) is 0 Å². The van der Waals surface area contributed by atoms with Gasteiger partial charge in [0.2, 0.25) is 17.7 Å². The van der Waals surface area contributed by atoms with Crippen LogP contribution in [0.4, 0.5) is 5.69 Å². The summed E-state index contributed by atoms with van der Waals surface area (Å²) in [5.41, 5.74) is 1.45. The fourth-order valence-corrected chi connectivity index (χ4v) is 3.79. The molecule has 3 amide bonds. The van der Waals surface area contributed by atoms with Crippen molar-refractivity contribution in [2.45, 2.75) is 39.0 Å². The van der Waals surface area contributed by atoms with Gasteiger partial charge in [0.25, 0.3) is 0 Å². The molecule has 0 radical (unpaired) electrons. The van der Waals surface area contributed by atoms with Crippen LogP contribution in [0.5, 0.6) is 0 Å². The highest BCUT2D eigenvalue weighted by Crippen LogP contribution is 2.38. The first-order valence-electron chi connectivity index (χ1n) is 8.39. The SMILES string of the molecule is Cc1c(Cl)cccc1NC(=O)CCN1C(=O)C2CCCCC2C1=O. The number of hydrogen-bond donors (Lipinski definition) is 1. The first-order chi connectivity index (χ1) is 11.5. The van der Waals surface area contributed by atoms with Gasteiger partial charge in [0.1, 0.15) is 0 Å². The van der Waals surface area contributed by atoms with Gasteiger partial charge in [-0.1, -0.05) is 30.5 Å². The van der Waals surface area contributed by atoms with Crippen LogP contribution in [0, 0.1) is 18.8 Å². The van der Waals surface area contributed by atoms with Gasteiger partial charge in [-0.3, -0.25) is 19.3 Å². The van der Waals surface area contributed by atoms with Crippen molar-refractivity contribution in [3.05, 3.63) is 28.8 Å². The molecule has 5 nitrogen and oxygen atoms in total. The highest BCUT2D eigenvalue weighted by Gasteiger charge is 2.47. The molecule has 1 heterocycles. The fraction of sp³-hybridized carbons (Fsp3) is 0.500. The Hall–Kier alpha value is -1.88. The molecule has 1 saturated carbocycles. The van der Waals surface area contributed by atoms with Crippen molar-refractivity contribution in [2.75, 3.05) is 11.9 Å². The third-order valence-electron chi connectivity index (χ3n) is 5.04. The average molecular weight is 349 g/mol. The molecule has 24 heavy (non-hydrogen) atoms. The number of hydrogen-bond acceptors (Lipinski definition) is 3. The van der Waals surface area contributed by atoms with Crippen molar-refractivity contribution in [2.24, 2.45) is 11.8 Å². The summed E-state index contributed by atoms with van der Waals surface area (Å²) in [5.74, 6) is -0.752. The zero-order valence-electron chi connectivity index (χ0n) is 13.7. The fourth-order valence-electron chi connectivity index (χ4n) is 3.62. The van der Waals surface area contributed by atoms with E-state index in [2.05, 4.69) is 5.32 Å². The lowest BCUT2D eigenvalue weighted by molar-refractivity contribution is -0.140. The zero-order chi connectivity index (χ0) is 17.3. The maximum Gasteiger partial charge on any atom is 0.233 e. The molecule has 1 N–H and O–H groups in total. The number of fused-ring (bicyclic) bond motifs is 1. The van der Waals surface area contributed by atoms with Crippen LogP contribution in [0.1, 0.15) is 37.7 Å². The van der Waals surface area contributed by atoms with Crippen molar-refractivity contribution in [1.82, 2.24) is 4.90 Å². The number of amides is 3. The number of rotatable bonds is 4. The lowest BCUT2D eigenvalue weighted by atomic mass is 9.81. The number of carbonyl (C=O) groups is 3. The van der Waals surface area contributed by atoms with Crippen LogP contribution in [0.15, 0.2) is 18.2 Å². The van der Waals surface area contributed by atoms with Crippen molar-refractivity contribution >= 4 is 35.0 Å². The Labute approximate surface area is 146 Å². The number of nitrogens with one attached hydrogen (secondary N) is 1. The molecule has 1 aromatic carbocycles. The Bertz CT molecular complexity index is 665. The van der Waals surface area contributed by atoms with Crippen LogP contribution in [-0.4, -0.2) is 29.2 Å². The molecule has 2 fully saturated rings. The molecular weight excluding hydrogens is 328 g/mol. The number of imide groups is 1. The van der Waals surface area contributed by atoms with Gasteiger partial charge in [-0.25, -0.2) is 0 Å². The van der Waals surface area contributed by atoms with Crippen LogP contribution in [0.2, 0.25) is 5.02 Å². The van der Waals surface area contributed by atoms with Crippen molar-refractivity contribution in [3.8, 4) is 0 Å². The second-order valence-electron chi connectivity index (χ2n) is 6.54. The summed E-state index contributed by atoms with van der Waals surface area (Å²) in [6.07, 6.45) is 3.69. The Balaban J connectivity index is 1.59. The number of carbonyl (C=O) groups excluding carboxylic acids is 3. The summed E-state index contributed by atoms with van der Waals surface area (Å²) in [6, 6.07) is 5.30. The van der Waals surface area contributed by atoms with Gasteiger partial charge in [-0.15, -0.1) is 0 Å². The highest BCUT2D eigenvalue weighted by molar-refractivity contribution is 6.31. The van der Waals surface area contributed by atoms with Crippen molar-refractivity contribution < 1.29 is 14.4 Å². The van der Waals surface area contributed by atoms with Gasteiger partial charge in [-0.05, 0) is 37.5 Å². The van der Waals surface area contributed by atoms with Gasteiger partial charge in [0.15, 0.2) is 0 Å². The third-order valence-corrected chi connectivity index (χ3v) is 5.45. The second kappa shape index (κ2) is 6.93. The van der Waals surface area contributed by atoms with E-state index in [1.165, 1.54) is 4.90 Å². The first kappa shape index (κ1) is 17.0. The normalized spacial score (nSPS) is 23.3. The quantitative estimate of drug-likeness (QED) is 0.850. The Morgan fingerprint density at radius 3 is 2.46 bits per heavy atom. The molecule has 128 valence electrons. The van der Waals surface area contributed by atoms with Crippen LogP contribution >= 0.6 is 11.6 Å². The highest BCUT2D eigenvalue weighted by atomic mass is 35.5. The topological polar surface area (TPSA) is 66.5 Å². The summed E-state index contributed by atoms with van der Waals surface area (Å²) >= 11 is 6.04. The van der Waals surface area contributed by atoms with Crippen molar-refractivity contribution in [1.29, 1.82) is 0 Å². The molecular formula is C18H21ClN2O3. The molecule has 1 aliphatic heterocycles. The summed E-state index contributed by atoms with van der Waals surface area (Å²) in [4.78, 5) is 38.2. The van der Waals surface area contributed by atoms with E-state index in [-0.39, 0.29) is 42.5 Å². The molecule has 2 atom stereocenters. The summed E-state index contributed by atoms with van der Waals surface area (Å²) in [7, 11) is 0. The molecule has 0 aromatic heterocycles. The van der Waals surface area contributed by atoms with E-state index in [4.69, 9.17) is 11.6 Å². The minimum Gasteiger partial charge on any atom is -0.326 e. The minimum atomic E-state index is -0.226. The molecule has 1 aromatic rings. The van der Waals surface area contributed by atoms with Crippen molar-refractivity contribution in [3.63, 3.8) is 0 Å². The van der Waals surface area contributed by atoms with E-state index < -0.39 is 0 Å². The molecule has 0 bridgehead atoms. The lowest BCUT2D eigenvalue weighted by Crippen LogP contribution is -2.34. The maximum absolute atomic E-state index is 12.4. The van der Waals surface area contributed by atoms with E-state index in [9.17, 15) is 14.4 Å². The molecule has 2 unspecified atom stereocenters. The Morgan fingerprint density at radius 1 is 1.21 bits per heavy atom. The molecule has 2 aliphatic rings. The van der Waals surface area contributed by atoms with Crippen LogP contribution in [-0.2, 0) is 14.4 Å². The van der Waals surface area contributed by atoms with E-state index in [0.717, 1.165) is 31.2 Å². The van der Waals surface area contributed by atoms with E-state index >= 15 is 0 Å². The van der Waals surface area contributed by atoms with Gasteiger partial charge in [0.05, 0.1) is 11.8 Å². The monoisotopic (exact) mass is 348 g/mol. The predicted octanol–water partition coefficient (Wildman–Crippen LogP) is 3.15. The lowest BCUT2D eigenvalue weighted by Gasteiger charge is -2.19. The van der Waals surface area contributed by atoms with Crippen LogP contribution in [0.25, 0.3) is 0 Å². The largest absolute Gasteiger partial charge is 0.326 e. The summed E-state index contributed by atoms with van der Waals surface area (Å²) in [6.45, 7) is 1.98. The maximum atomic E-state index is 12.4. The Kier molecular flexibility index (Phi) is 4.90. The number of nitrogens with zero attached hydrogens (tertiary/aromatic N) is 1. The summed E-state index contributed by atoms with van der Waals surface area (Å²) < 4.78 is 0. The second-order valence-corrected chi connectivity index (χ2v) is 6.94. The molecule has 1 saturated heterocycles. The predicted molar refractivity (Wildman–Crippen MR) is 91.6 cm³/mol. The molecule has 0 spiro atoms. The van der Waals surface area contributed by atoms with Gasteiger partial charge >= 0.3 is 0 Å². The number of halogens is 1. The van der Waals surface area contributed by atoms with E-state index in [0.29, 0.717) is 10.7 Å². The van der Waals surface area contributed by atoms with Crippen LogP contribution < -0.4 is 5.32 Å². The van der Waals surface area contributed by atoms with Gasteiger partial charge in [-0.2, -0.15) is 0 Å². The Morgan fingerprint density at radius 2 is 1.83 bits per heavy atom. The molecule has 1 aliphatic carbocycles. The smallest absolute Gasteiger partial charge is 0.233 e. The zero-order valence-corrected chi connectivity index (χ0v) is 14.4. The number of likely N-dealkylation sites (tertiary alicyclic amines) is 1. The van der Waals surface area contributed by atoms with E-state index in [1.54, 1.807) is 18.2 Å². The van der Waals surface area contributed by atoms with Gasteiger partial charge in [0, 0.05) is 23.7 Å². The molecule has 3 rings (SSSR count). The minimum absolute atomic E-state index is 0.100. The average Bonchev–Trinajstić information content (AvgIpc) is 2.82. The first-order valence-corrected chi connectivity index (χ1v) is 8.77. The summed E-state index contributed by atoms with van der Waals surface area (Å²) in [5, 5.41) is 3.38.